The zero-order chi connectivity index (χ0) is 21.0. The van der Waals surface area contributed by atoms with Crippen LogP contribution in [0.15, 0.2) is 42.7 Å². The molecule has 1 aromatic heterocycles. The lowest BCUT2D eigenvalue weighted by molar-refractivity contribution is -0.286. The topological polar surface area (TPSA) is 86.8 Å². The predicted molar refractivity (Wildman–Crippen MR) is 98.5 cm³/mol. The van der Waals surface area contributed by atoms with E-state index in [1.54, 1.807) is 24.5 Å². The molecule has 1 aromatic carbocycles. The average molecular weight is 416 g/mol. The van der Waals surface area contributed by atoms with E-state index in [9.17, 15) is 18.4 Å². The minimum absolute atomic E-state index is 0.0771. The number of ether oxygens (including phenoxy) is 3. The van der Waals surface area contributed by atoms with Crippen molar-refractivity contribution in [3.63, 3.8) is 0 Å². The van der Waals surface area contributed by atoms with Crippen molar-refractivity contribution in [2.24, 2.45) is 5.41 Å². The van der Waals surface area contributed by atoms with Gasteiger partial charge in [0.1, 0.15) is 12.4 Å². The van der Waals surface area contributed by atoms with Gasteiger partial charge in [0.2, 0.25) is 0 Å². The summed E-state index contributed by atoms with van der Waals surface area (Å²) in [4.78, 5) is 28.5. The minimum atomic E-state index is -3.69. The SMILES string of the molecule is O=C(COc1ccc2c(c1)OC(F)(F)O2)CC12CC(NC(=O)c3ccncc3)(C1)C2. The van der Waals surface area contributed by atoms with Gasteiger partial charge in [0.05, 0.1) is 0 Å². The summed E-state index contributed by atoms with van der Waals surface area (Å²) >= 11 is 0. The first kappa shape index (κ1) is 18.8. The van der Waals surface area contributed by atoms with Crippen LogP contribution in [-0.4, -0.2) is 35.1 Å². The molecule has 2 heterocycles. The lowest BCUT2D eigenvalue weighted by Crippen LogP contribution is -2.75. The van der Waals surface area contributed by atoms with E-state index in [1.165, 1.54) is 18.2 Å². The average Bonchev–Trinajstić information content (AvgIpc) is 2.97. The molecule has 2 bridgehead atoms. The molecule has 1 aliphatic heterocycles. The van der Waals surface area contributed by atoms with E-state index in [0.29, 0.717) is 12.0 Å². The highest BCUT2D eigenvalue weighted by molar-refractivity contribution is 5.95. The van der Waals surface area contributed by atoms with Gasteiger partial charge in [-0.1, -0.05) is 0 Å². The molecular formula is C21H18F2N2O5. The monoisotopic (exact) mass is 416 g/mol. The Bertz CT molecular complexity index is 1010. The number of Topliss-reactive ketones (excluding diaryl/α,β-unsaturated/α-hetero) is 1. The van der Waals surface area contributed by atoms with E-state index >= 15 is 0 Å². The Morgan fingerprint density at radius 3 is 2.50 bits per heavy atom. The highest BCUT2D eigenvalue weighted by Gasteiger charge is 2.68. The van der Waals surface area contributed by atoms with E-state index in [1.807, 2.05) is 0 Å². The van der Waals surface area contributed by atoms with E-state index in [-0.39, 0.29) is 46.5 Å². The highest BCUT2D eigenvalue weighted by Crippen LogP contribution is 2.69. The van der Waals surface area contributed by atoms with Crippen molar-refractivity contribution >= 4 is 11.7 Å². The van der Waals surface area contributed by atoms with Crippen LogP contribution in [0, 0.1) is 5.41 Å². The Balaban J connectivity index is 1.09. The maximum Gasteiger partial charge on any atom is 0.586 e. The number of benzene rings is 1. The van der Waals surface area contributed by atoms with Crippen molar-refractivity contribution in [3.8, 4) is 17.2 Å². The van der Waals surface area contributed by atoms with Gasteiger partial charge in [0, 0.05) is 36.0 Å². The van der Waals surface area contributed by atoms with Gasteiger partial charge in [-0.25, -0.2) is 0 Å². The second kappa shape index (κ2) is 6.38. The minimum Gasteiger partial charge on any atom is -0.486 e. The molecule has 9 heteroatoms. The number of carbonyl (C=O) groups is 2. The molecule has 0 spiro atoms. The molecule has 3 aliphatic carbocycles. The fourth-order valence-corrected chi connectivity index (χ4v) is 4.79. The second-order valence-corrected chi connectivity index (χ2v) is 8.28. The quantitative estimate of drug-likeness (QED) is 0.747. The summed E-state index contributed by atoms with van der Waals surface area (Å²) in [6.07, 6.45) is 2.11. The predicted octanol–water partition coefficient (Wildman–Crippen LogP) is 3.09. The van der Waals surface area contributed by atoms with Crippen molar-refractivity contribution < 1.29 is 32.6 Å². The summed E-state index contributed by atoms with van der Waals surface area (Å²) in [6.45, 7) is -0.159. The van der Waals surface area contributed by atoms with Crippen LogP contribution in [-0.2, 0) is 4.79 Å². The number of alkyl halides is 2. The zero-order valence-electron chi connectivity index (χ0n) is 15.8. The van der Waals surface area contributed by atoms with Crippen LogP contribution in [0.3, 0.4) is 0 Å². The molecule has 3 fully saturated rings. The number of aromatic nitrogens is 1. The van der Waals surface area contributed by atoms with Crippen molar-refractivity contribution in [3.05, 3.63) is 48.3 Å². The fourth-order valence-electron chi connectivity index (χ4n) is 4.79. The number of amides is 1. The zero-order valence-corrected chi connectivity index (χ0v) is 15.8. The third-order valence-electron chi connectivity index (χ3n) is 5.81. The largest absolute Gasteiger partial charge is 0.586 e. The number of ketones is 1. The lowest BCUT2D eigenvalue weighted by atomic mass is 9.38. The maximum atomic E-state index is 13.1. The number of fused-ring (bicyclic) bond motifs is 1. The molecule has 7 nitrogen and oxygen atoms in total. The smallest absolute Gasteiger partial charge is 0.486 e. The summed E-state index contributed by atoms with van der Waals surface area (Å²) in [7, 11) is 0. The van der Waals surface area contributed by atoms with E-state index in [0.717, 1.165) is 19.3 Å². The van der Waals surface area contributed by atoms with Crippen LogP contribution in [0.1, 0.15) is 36.0 Å². The molecule has 156 valence electrons. The van der Waals surface area contributed by atoms with E-state index in [4.69, 9.17) is 4.74 Å². The number of nitrogens with zero attached hydrogens (tertiary/aromatic N) is 1. The Hall–Kier alpha value is -3.23. The molecule has 0 saturated heterocycles. The van der Waals surface area contributed by atoms with Crippen LogP contribution in [0.2, 0.25) is 0 Å². The molecule has 4 aliphatic rings. The van der Waals surface area contributed by atoms with Crippen molar-refractivity contribution in [2.45, 2.75) is 37.5 Å². The summed E-state index contributed by atoms with van der Waals surface area (Å²) in [5.74, 6) is -0.162. The first-order chi connectivity index (χ1) is 14.3. The molecule has 3 saturated carbocycles. The molecule has 30 heavy (non-hydrogen) atoms. The normalized spacial score (nSPS) is 26.9. The number of hydrogen-bond donors (Lipinski definition) is 1. The second-order valence-electron chi connectivity index (χ2n) is 8.28. The van der Waals surface area contributed by atoms with E-state index in [2.05, 4.69) is 19.8 Å². The van der Waals surface area contributed by atoms with Gasteiger partial charge in [0.15, 0.2) is 17.3 Å². The summed E-state index contributed by atoms with van der Waals surface area (Å²) < 4.78 is 40.2. The molecule has 0 unspecified atom stereocenters. The third kappa shape index (κ3) is 3.34. The van der Waals surface area contributed by atoms with Gasteiger partial charge in [-0.05, 0) is 48.9 Å². The summed E-state index contributed by atoms with van der Waals surface area (Å²) in [5, 5.41) is 3.07. The summed E-state index contributed by atoms with van der Waals surface area (Å²) in [6, 6.07) is 7.35. The number of rotatable bonds is 7. The Labute approximate surface area is 170 Å². The molecule has 6 rings (SSSR count). The summed E-state index contributed by atoms with van der Waals surface area (Å²) in [5.41, 5.74) is 0.266. The van der Waals surface area contributed by atoms with Crippen LogP contribution in [0.4, 0.5) is 8.78 Å². The van der Waals surface area contributed by atoms with Gasteiger partial charge >= 0.3 is 6.29 Å². The highest BCUT2D eigenvalue weighted by atomic mass is 19.3. The molecule has 1 amide bonds. The number of pyridine rings is 1. The number of nitrogens with one attached hydrogen (secondary N) is 1. The maximum absolute atomic E-state index is 13.1. The van der Waals surface area contributed by atoms with Gasteiger partial charge in [0.25, 0.3) is 5.91 Å². The lowest BCUT2D eigenvalue weighted by Gasteiger charge is -2.70. The molecular weight excluding hydrogens is 398 g/mol. The van der Waals surface area contributed by atoms with Gasteiger partial charge < -0.3 is 19.5 Å². The first-order valence-electron chi connectivity index (χ1n) is 9.53. The fraction of sp³-hybridized carbons (Fsp3) is 0.381. The Kier molecular flexibility index (Phi) is 4.00. The Morgan fingerprint density at radius 2 is 1.77 bits per heavy atom. The van der Waals surface area contributed by atoms with Gasteiger partial charge in [-0.15, -0.1) is 8.78 Å². The standard InChI is InChI=1S/C21H18F2N2O5/c22-21(23)29-16-2-1-15(7-17(16)30-21)28-9-14(26)8-19-10-20(11-19,12-19)25-18(27)13-3-5-24-6-4-13/h1-7H,8-12H2,(H,25,27). The number of carbonyl (C=O) groups excluding carboxylic acids is 2. The van der Waals surface area contributed by atoms with E-state index < -0.39 is 6.29 Å². The van der Waals surface area contributed by atoms with Crippen LogP contribution in [0.25, 0.3) is 0 Å². The van der Waals surface area contributed by atoms with Crippen LogP contribution >= 0.6 is 0 Å². The van der Waals surface area contributed by atoms with Gasteiger partial charge in [-0.3, -0.25) is 14.6 Å². The third-order valence-corrected chi connectivity index (χ3v) is 5.81. The molecule has 1 N–H and O–H groups in total. The van der Waals surface area contributed by atoms with Crippen molar-refractivity contribution in [1.29, 1.82) is 0 Å². The molecule has 0 radical (unpaired) electrons. The molecule has 2 aromatic rings. The van der Waals surface area contributed by atoms with Crippen LogP contribution in [0.5, 0.6) is 17.2 Å². The number of hydrogen-bond acceptors (Lipinski definition) is 6. The number of halogens is 2. The van der Waals surface area contributed by atoms with Crippen molar-refractivity contribution in [1.82, 2.24) is 10.3 Å². The molecule has 0 atom stereocenters. The Morgan fingerprint density at radius 1 is 1.07 bits per heavy atom. The first-order valence-corrected chi connectivity index (χ1v) is 9.53. The van der Waals surface area contributed by atoms with Crippen molar-refractivity contribution in [2.75, 3.05) is 6.61 Å². The van der Waals surface area contributed by atoms with Gasteiger partial charge in [-0.2, -0.15) is 0 Å². The van der Waals surface area contributed by atoms with Crippen LogP contribution < -0.4 is 19.5 Å².